The van der Waals surface area contributed by atoms with Gasteiger partial charge < -0.3 is 10.2 Å². The third-order valence-electron chi connectivity index (χ3n) is 5.44. The molecule has 4 nitrogen and oxygen atoms in total. The number of allylic oxidation sites excluding steroid dienone is 1. The Kier molecular flexibility index (Phi) is 5.03. The number of aliphatic imine (C=N–C) groups is 1. The predicted octanol–water partition coefficient (Wildman–Crippen LogP) is 3.98. The fourth-order valence-corrected chi connectivity index (χ4v) is 3.55. The monoisotopic (exact) mass is 351 g/mol. The molecule has 26 heavy (non-hydrogen) atoms. The Labute approximate surface area is 156 Å². The van der Waals surface area contributed by atoms with Crippen LogP contribution in [0.5, 0.6) is 0 Å². The fraction of sp³-hybridized carbons (Fsp3) is 0.455. The highest BCUT2D eigenvalue weighted by Gasteiger charge is 2.38. The van der Waals surface area contributed by atoms with Crippen molar-refractivity contribution >= 4 is 12.6 Å². The molecule has 0 unspecified atom stereocenters. The first-order chi connectivity index (χ1) is 12.3. The van der Waals surface area contributed by atoms with Crippen molar-refractivity contribution < 1.29 is 4.79 Å². The molecule has 1 heterocycles. The smallest absolute Gasteiger partial charge is 0.254 e. The molecule has 1 aromatic carbocycles. The zero-order chi connectivity index (χ0) is 18.9. The van der Waals surface area contributed by atoms with Gasteiger partial charge in [-0.05, 0) is 64.8 Å². The summed E-state index contributed by atoms with van der Waals surface area (Å²) in [6.07, 6.45) is 3.16. The summed E-state index contributed by atoms with van der Waals surface area (Å²) in [7, 11) is 0. The van der Waals surface area contributed by atoms with Crippen LogP contribution in [-0.2, 0) is 17.8 Å². The van der Waals surface area contributed by atoms with Gasteiger partial charge in [-0.1, -0.05) is 29.8 Å². The summed E-state index contributed by atoms with van der Waals surface area (Å²) in [6, 6.07) is 8.38. The van der Waals surface area contributed by atoms with Gasteiger partial charge in [-0.3, -0.25) is 4.79 Å². The molecule has 3 rings (SSSR count). The van der Waals surface area contributed by atoms with Crippen LogP contribution in [0.25, 0.3) is 0 Å². The van der Waals surface area contributed by atoms with Gasteiger partial charge in [0.2, 0.25) is 0 Å². The zero-order valence-corrected chi connectivity index (χ0v) is 16.4. The molecule has 0 bridgehead atoms. The highest BCUT2D eigenvalue weighted by Crippen LogP contribution is 2.36. The van der Waals surface area contributed by atoms with E-state index >= 15 is 0 Å². The normalized spacial score (nSPS) is 18.4. The molecule has 1 saturated carbocycles. The molecule has 1 N–H and O–H groups in total. The summed E-state index contributed by atoms with van der Waals surface area (Å²) in [6.45, 7) is 13.3. The van der Waals surface area contributed by atoms with E-state index in [2.05, 4.69) is 42.1 Å². The van der Waals surface area contributed by atoms with E-state index in [4.69, 9.17) is 0 Å². The Morgan fingerprint density at radius 2 is 1.85 bits per heavy atom. The van der Waals surface area contributed by atoms with Crippen molar-refractivity contribution in [2.24, 2.45) is 4.99 Å². The predicted molar refractivity (Wildman–Crippen MR) is 107 cm³/mol. The van der Waals surface area contributed by atoms with Gasteiger partial charge in [-0.15, -0.1) is 0 Å². The highest BCUT2D eigenvalue weighted by atomic mass is 16.2. The number of amides is 1. The maximum atomic E-state index is 13.3. The number of hydrogen-bond donors (Lipinski definition) is 1. The van der Waals surface area contributed by atoms with Crippen molar-refractivity contribution in [3.63, 3.8) is 0 Å². The summed E-state index contributed by atoms with van der Waals surface area (Å²) in [4.78, 5) is 19.5. The van der Waals surface area contributed by atoms with Crippen LogP contribution in [0.2, 0.25) is 0 Å². The number of benzene rings is 1. The Morgan fingerprint density at radius 1 is 1.19 bits per heavy atom. The van der Waals surface area contributed by atoms with Crippen LogP contribution in [0.1, 0.15) is 51.7 Å². The van der Waals surface area contributed by atoms with Crippen molar-refractivity contribution in [1.82, 2.24) is 10.2 Å². The summed E-state index contributed by atoms with van der Waals surface area (Å²) in [5, 5.41) is 3.47. The highest BCUT2D eigenvalue weighted by molar-refractivity contribution is 5.98. The lowest BCUT2D eigenvalue weighted by molar-refractivity contribution is -0.127. The number of hydrogen-bond acceptors (Lipinski definition) is 3. The molecule has 0 spiro atoms. The molecule has 1 aromatic rings. The lowest BCUT2D eigenvalue weighted by atomic mass is 9.96. The lowest BCUT2D eigenvalue weighted by Gasteiger charge is -2.30. The zero-order valence-electron chi connectivity index (χ0n) is 16.4. The molecule has 1 amide bonds. The van der Waals surface area contributed by atoms with Gasteiger partial charge in [-0.25, -0.2) is 4.99 Å². The van der Waals surface area contributed by atoms with Crippen molar-refractivity contribution in [2.75, 3.05) is 6.54 Å². The Bertz CT molecular complexity index is 795. The van der Waals surface area contributed by atoms with Gasteiger partial charge in [0.05, 0.1) is 0 Å². The molecule has 1 fully saturated rings. The Hall–Kier alpha value is -2.36. The molecule has 0 radical (unpaired) electrons. The van der Waals surface area contributed by atoms with Gasteiger partial charge in [-0.2, -0.15) is 0 Å². The number of nitrogens with zero attached hydrogens (tertiary/aromatic N) is 2. The minimum atomic E-state index is 0.0842. The van der Waals surface area contributed by atoms with E-state index in [1.54, 1.807) is 0 Å². The summed E-state index contributed by atoms with van der Waals surface area (Å²) in [5.41, 5.74) is 5.33. The average molecular weight is 351 g/mol. The maximum Gasteiger partial charge on any atom is 0.254 e. The molecular weight excluding hydrogens is 322 g/mol. The van der Waals surface area contributed by atoms with Crippen molar-refractivity contribution in [3.8, 4) is 0 Å². The second kappa shape index (κ2) is 7.10. The first-order valence-corrected chi connectivity index (χ1v) is 9.34. The number of rotatable bonds is 5. The van der Waals surface area contributed by atoms with Crippen LogP contribution in [-0.4, -0.2) is 29.6 Å². The van der Waals surface area contributed by atoms with Crippen LogP contribution in [0.3, 0.4) is 0 Å². The number of nitrogens with one attached hydrogen (secondary N) is 1. The lowest BCUT2D eigenvalue weighted by Crippen LogP contribution is -2.38. The van der Waals surface area contributed by atoms with E-state index < -0.39 is 0 Å². The van der Waals surface area contributed by atoms with Crippen molar-refractivity contribution in [3.05, 3.63) is 57.9 Å². The van der Waals surface area contributed by atoms with Crippen LogP contribution in [0, 0.1) is 0 Å². The van der Waals surface area contributed by atoms with Gasteiger partial charge in [0.25, 0.3) is 5.91 Å². The van der Waals surface area contributed by atoms with Crippen LogP contribution in [0.4, 0.5) is 0 Å². The largest absolute Gasteiger partial charge is 0.365 e. The molecule has 1 aliphatic heterocycles. The fourth-order valence-electron chi connectivity index (χ4n) is 3.55. The molecule has 138 valence electrons. The third kappa shape index (κ3) is 3.74. The van der Waals surface area contributed by atoms with Crippen LogP contribution >= 0.6 is 0 Å². The van der Waals surface area contributed by atoms with E-state index in [-0.39, 0.29) is 11.4 Å². The average Bonchev–Trinajstić information content (AvgIpc) is 3.36. The molecule has 0 atom stereocenters. The minimum Gasteiger partial charge on any atom is -0.365 e. The molecule has 4 heteroatoms. The van der Waals surface area contributed by atoms with Crippen LogP contribution in [0.15, 0.2) is 51.8 Å². The molecule has 1 aliphatic carbocycles. The van der Waals surface area contributed by atoms with Gasteiger partial charge in [0.15, 0.2) is 0 Å². The second-order valence-corrected chi connectivity index (χ2v) is 7.94. The van der Waals surface area contributed by atoms with E-state index in [0.717, 1.165) is 48.3 Å². The Balaban J connectivity index is 1.87. The van der Waals surface area contributed by atoms with Gasteiger partial charge >= 0.3 is 0 Å². The standard InChI is InChI=1S/C22H29N3O/c1-15(2)19(16(3)20(23-5)24-22(4)11-12-22)21(26)25-13-10-17-8-6-7-9-18(17)14-25/h6-9,24H,5,10-14H2,1-4H3/b20-16-. The summed E-state index contributed by atoms with van der Waals surface area (Å²) >= 11 is 0. The topological polar surface area (TPSA) is 44.7 Å². The minimum absolute atomic E-state index is 0.0842. The second-order valence-electron chi connectivity index (χ2n) is 7.94. The van der Waals surface area contributed by atoms with E-state index in [9.17, 15) is 4.79 Å². The van der Waals surface area contributed by atoms with E-state index in [0.29, 0.717) is 6.54 Å². The Morgan fingerprint density at radius 3 is 2.42 bits per heavy atom. The first kappa shape index (κ1) is 18.4. The SMILES string of the molecule is C=N/C(NC1(C)CC1)=C(\C)C(C(=O)N1CCc2ccccc2C1)=C(C)C. The van der Waals surface area contributed by atoms with Crippen molar-refractivity contribution in [1.29, 1.82) is 0 Å². The molecule has 0 saturated heterocycles. The number of carbonyl (C=O) groups is 1. The quantitative estimate of drug-likeness (QED) is 0.495. The summed E-state index contributed by atoms with van der Waals surface area (Å²) < 4.78 is 0. The van der Waals surface area contributed by atoms with Gasteiger partial charge in [0.1, 0.15) is 5.82 Å². The van der Waals surface area contributed by atoms with Crippen LogP contribution < -0.4 is 5.32 Å². The number of carbonyl (C=O) groups excluding carboxylic acids is 1. The summed E-state index contributed by atoms with van der Waals surface area (Å²) in [5.74, 6) is 0.813. The van der Waals surface area contributed by atoms with Crippen molar-refractivity contribution in [2.45, 2.75) is 59.0 Å². The molecule has 0 aromatic heterocycles. The van der Waals surface area contributed by atoms with Gasteiger partial charge in [0, 0.05) is 29.8 Å². The number of fused-ring (bicyclic) bond motifs is 1. The molecule has 2 aliphatic rings. The maximum absolute atomic E-state index is 13.3. The third-order valence-corrected chi connectivity index (χ3v) is 5.44. The van der Waals surface area contributed by atoms with E-state index in [1.807, 2.05) is 31.7 Å². The van der Waals surface area contributed by atoms with E-state index in [1.165, 1.54) is 11.1 Å². The first-order valence-electron chi connectivity index (χ1n) is 9.34. The molecular formula is C22H29N3O.